The van der Waals surface area contributed by atoms with E-state index in [0.717, 1.165) is 10.9 Å². The van der Waals surface area contributed by atoms with Gasteiger partial charge in [-0.3, -0.25) is 4.98 Å². The second-order valence-electron chi connectivity index (χ2n) is 6.45. The second-order valence-corrected chi connectivity index (χ2v) is 7.26. The van der Waals surface area contributed by atoms with Gasteiger partial charge in [0.1, 0.15) is 17.5 Å². The number of rotatable bonds is 3. The predicted molar refractivity (Wildman–Crippen MR) is 123 cm³/mol. The third-order valence-corrected chi connectivity index (χ3v) is 5.10. The van der Waals surface area contributed by atoms with Crippen LogP contribution in [0.15, 0.2) is 60.9 Å². The molecule has 0 amide bonds. The molecular formula is C24H14Cl2N4O. The number of fused-ring (bicyclic) bond motifs is 1. The highest BCUT2D eigenvalue weighted by molar-refractivity contribution is 6.37. The third kappa shape index (κ3) is 4.39. The number of anilines is 2. The van der Waals surface area contributed by atoms with Crippen LogP contribution < -0.4 is 10.1 Å². The summed E-state index contributed by atoms with van der Waals surface area (Å²) in [6, 6.07) is 16.6. The maximum absolute atomic E-state index is 9.60. The fraction of sp³-hybridized carbons (Fsp3) is 0.0417. The Labute approximate surface area is 189 Å². The van der Waals surface area contributed by atoms with Crippen LogP contribution in [0.5, 0.6) is 5.75 Å². The van der Waals surface area contributed by atoms with Crippen molar-refractivity contribution in [2.75, 3.05) is 12.4 Å². The minimum absolute atomic E-state index is 0.379. The lowest BCUT2D eigenvalue weighted by Gasteiger charge is -2.14. The van der Waals surface area contributed by atoms with Gasteiger partial charge in [-0.05, 0) is 42.3 Å². The average molecular weight is 445 g/mol. The molecule has 7 heteroatoms. The molecule has 2 heterocycles. The molecule has 1 N–H and O–H groups in total. The number of nitrogens with zero attached hydrogens (tertiary/aromatic N) is 3. The summed E-state index contributed by atoms with van der Waals surface area (Å²) in [5.41, 5.74) is 3.68. The molecule has 0 spiro atoms. The highest BCUT2D eigenvalue weighted by Crippen LogP contribution is 2.37. The van der Waals surface area contributed by atoms with E-state index in [0.29, 0.717) is 43.9 Å². The molecule has 0 aliphatic heterocycles. The van der Waals surface area contributed by atoms with E-state index in [4.69, 9.17) is 27.9 Å². The van der Waals surface area contributed by atoms with Crippen LogP contribution in [-0.4, -0.2) is 17.1 Å². The lowest BCUT2D eigenvalue weighted by molar-refractivity contribution is 0.415. The van der Waals surface area contributed by atoms with Gasteiger partial charge < -0.3 is 10.1 Å². The average Bonchev–Trinajstić information content (AvgIpc) is 2.80. The Morgan fingerprint density at radius 3 is 2.61 bits per heavy atom. The monoisotopic (exact) mass is 444 g/mol. The molecule has 0 aliphatic rings. The number of methoxy groups -OCH3 is 1. The molecule has 0 bridgehead atoms. The highest BCUT2D eigenvalue weighted by Gasteiger charge is 2.13. The van der Waals surface area contributed by atoms with Gasteiger partial charge in [0.25, 0.3) is 0 Å². The first kappa shape index (κ1) is 20.5. The van der Waals surface area contributed by atoms with Crippen molar-refractivity contribution in [2.45, 2.75) is 0 Å². The van der Waals surface area contributed by atoms with E-state index in [1.807, 2.05) is 36.4 Å². The fourth-order valence-electron chi connectivity index (χ4n) is 2.98. The zero-order valence-corrected chi connectivity index (χ0v) is 17.8. The summed E-state index contributed by atoms with van der Waals surface area (Å²) < 4.78 is 5.27. The van der Waals surface area contributed by atoms with Gasteiger partial charge in [0.05, 0.1) is 39.6 Å². The molecule has 0 fully saturated rings. The van der Waals surface area contributed by atoms with Crippen LogP contribution in [0.1, 0.15) is 16.8 Å². The predicted octanol–water partition coefficient (Wildman–Crippen LogP) is 5.96. The van der Waals surface area contributed by atoms with E-state index in [1.54, 1.807) is 18.3 Å². The molecule has 0 saturated heterocycles. The fourth-order valence-corrected chi connectivity index (χ4v) is 3.49. The van der Waals surface area contributed by atoms with E-state index in [2.05, 4.69) is 33.2 Å². The summed E-state index contributed by atoms with van der Waals surface area (Å²) in [5, 5.41) is 14.4. The maximum atomic E-state index is 9.60. The lowest BCUT2D eigenvalue weighted by atomic mass is 10.1. The molecule has 0 atom stereocenters. The number of pyridine rings is 2. The molecule has 150 valence electrons. The number of nitrogens with one attached hydrogen (secondary N) is 1. The van der Waals surface area contributed by atoms with Crippen molar-refractivity contribution in [2.24, 2.45) is 0 Å². The van der Waals surface area contributed by atoms with Crippen molar-refractivity contribution in [1.29, 1.82) is 5.26 Å². The lowest BCUT2D eigenvalue weighted by Crippen LogP contribution is -1.98. The van der Waals surface area contributed by atoms with E-state index in [1.165, 1.54) is 13.3 Å². The molecule has 4 rings (SSSR count). The van der Waals surface area contributed by atoms with Crippen LogP contribution in [0.4, 0.5) is 11.4 Å². The molecule has 0 saturated carbocycles. The van der Waals surface area contributed by atoms with E-state index in [9.17, 15) is 5.26 Å². The van der Waals surface area contributed by atoms with Gasteiger partial charge >= 0.3 is 0 Å². The zero-order chi connectivity index (χ0) is 21.8. The molecule has 4 aromatic rings. The van der Waals surface area contributed by atoms with Gasteiger partial charge in [-0.1, -0.05) is 35.2 Å². The Morgan fingerprint density at radius 1 is 1.00 bits per heavy atom. The number of benzene rings is 2. The summed E-state index contributed by atoms with van der Waals surface area (Å²) in [6.07, 6.45) is 3.21. The molecular weight excluding hydrogens is 431 g/mol. The Balaban J connectivity index is 1.77. The van der Waals surface area contributed by atoms with E-state index < -0.39 is 0 Å². The first-order valence-corrected chi connectivity index (χ1v) is 9.90. The van der Waals surface area contributed by atoms with Crippen molar-refractivity contribution in [3.8, 4) is 23.7 Å². The normalized spacial score (nSPS) is 10.1. The van der Waals surface area contributed by atoms with Crippen molar-refractivity contribution in [3.63, 3.8) is 0 Å². The van der Waals surface area contributed by atoms with Crippen LogP contribution in [0.25, 0.3) is 10.9 Å². The van der Waals surface area contributed by atoms with Crippen LogP contribution in [0.3, 0.4) is 0 Å². The van der Waals surface area contributed by atoms with E-state index >= 15 is 0 Å². The standard InChI is InChI=1S/C24H14Cl2N4O/c1-31-23-12-22(19(25)11-20(23)26)30-24-16(13-27)14-29-21-10-15(6-8-18(21)24)5-7-17-4-2-3-9-28-17/h2-4,6,8-12,14H,1H3,(H,29,30). The minimum Gasteiger partial charge on any atom is -0.495 e. The minimum atomic E-state index is 0.379. The van der Waals surface area contributed by atoms with Crippen LogP contribution in [0.2, 0.25) is 10.0 Å². The topological polar surface area (TPSA) is 70.8 Å². The molecule has 5 nitrogen and oxygen atoms in total. The Hall–Kier alpha value is -3.77. The summed E-state index contributed by atoms with van der Waals surface area (Å²) in [4.78, 5) is 8.62. The summed E-state index contributed by atoms with van der Waals surface area (Å²) in [7, 11) is 1.52. The van der Waals surface area contributed by atoms with Gasteiger partial charge in [-0.2, -0.15) is 5.26 Å². The van der Waals surface area contributed by atoms with Crippen molar-refractivity contribution in [1.82, 2.24) is 9.97 Å². The van der Waals surface area contributed by atoms with Crippen LogP contribution >= 0.6 is 23.2 Å². The Morgan fingerprint density at radius 2 is 1.87 bits per heavy atom. The Bertz CT molecular complexity index is 1390. The quantitative estimate of drug-likeness (QED) is 0.394. The number of nitriles is 1. The van der Waals surface area contributed by atoms with E-state index in [-0.39, 0.29) is 0 Å². The van der Waals surface area contributed by atoms with Crippen molar-refractivity contribution < 1.29 is 4.74 Å². The smallest absolute Gasteiger partial charge is 0.139 e. The number of hydrogen-bond donors (Lipinski definition) is 1. The molecule has 0 radical (unpaired) electrons. The Kier molecular flexibility index (Phi) is 5.91. The van der Waals surface area contributed by atoms with Crippen molar-refractivity contribution in [3.05, 3.63) is 87.8 Å². The van der Waals surface area contributed by atoms with Gasteiger partial charge in [0.15, 0.2) is 0 Å². The number of hydrogen-bond acceptors (Lipinski definition) is 5. The molecule has 2 aromatic carbocycles. The van der Waals surface area contributed by atoms with Crippen molar-refractivity contribution >= 4 is 45.5 Å². The summed E-state index contributed by atoms with van der Waals surface area (Å²) in [5.74, 6) is 6.59. The van der Waals surface area contributed by atoms with Gasteiger partial charge in [-0.25, -0.2) is 4.98 Å². The molecule has 2 aromatic heterocycles. The molecule has 0 aliphatic carbocycles. The zero-order valence-electron chi connectivity index (χ0n) is 16.3. The SMILES string of the molecule is COc1cc(Nc2c(C#N)cnc3cc(C#Cc4ccccn4)ccc23)c(Cl)cc1Cl. The number of ether oxygens (including phenoxy) is 1. The summed E-state index contributed by atoms with van der Waals surface area (Å²) >= 11 is 12.5. The second kappa shape index (κ2) is 8.93. The molecule has 0 unspecified atom stereocenters. The number of halogens is 2. The molecule has 31 heavy (non-hydrogen) atoms. The first-order valence-electron chi connectivity index (χ1n) is 9.15. The highest BCUT2D eigenvalue weighted by atomic mass is 35.5. The number of aromatic nitrogens is 2. The summed E-state index contributed by atoms with van der Waals surface area (Å²) in [6.45, 7) is 0. The van der Waals surface area contributed by atoms with Crippen LogP contribution in [-0.2, 0) is 0 Å². The largest absolute Gasteiger partial charge is 0.495 e. The van der Waals surface area contributed by atoms with Gasteiger partial charge in [0.2, 0.25) is 0 Å². The first-order chi connectivity index (χ1) is 15.1. The van der Waals surface area contributed by atoms with Crippen LogP contribution in [0, 0.1) is 23.2 Å². The maximum Gasteiger partial charge on any atom is 0.139 e. The third-order valence-electron chi connectivity index (χ3n) is 4.49. The van der Waals surface area contributed by atoms with Gasteiger partial charge in [-0.15, -0.1) is 0 Å². The van der Waals surface area contributed by atoms with Gasteiger partial charge in [0, 0.05) is 29.4 Å².